The number of para-hydroxylation sites is 1. The van der Waals surface area contributed by atoms with E-state index >= 15 is 0 Å². The fourth-order valence-corrected chi connectivity index (χ4v) is 2.50. The molecule has 0 saturated heterocycles. The van der Waals surface area contributed by atoms with Gasteiger partial charge in [0.2, 0.25) is 0 Å². The summed E-state index contributed by atoms with van der Waals surface area (Å²) in [4.78, 5) is 8.65. The zero-order valence-electron chi connectivity index (χ0n) is 8.59. The predicted octanol–water partition coefficient (Wildman–Crippen LogP) is 2.91. The highest BCUT2D eigenvalue weighted by molar-refractivity contribution is 6.12. The number of hydrogen-bond donors (Lipinski definition) is 0. The van der Waals surface area contributed by atoms with E-state index in [4.69, 9.17) is 0 Å². The molecule has 0 atom stereocenters. The molecule has 0 radical (unpaired) electrons. The summed E-state index contributed by atoms with van der Waals surface area (Å²) in [5.41, 5.74) is 3.52. The van der Waals surface area contributed by atoms with Crippen LogP contribution in [0.5, 0.6) is 0 Å². The van der Waals surface area contributed by atoms with Crippen LogP contribution in [0.3, 0.4) is 0 Å². The van der Waals surface area contributed by atoms with E-state index in [-0.39, 0.29) is 0 Å². The lowest BCUT2D eigenvalue weighted by molar-refractivity contribution is 0.937. The lowest BCUT2D eigenvalue weighted by Crippen LogP contribution is -2.01. The Labute approximate surface area is 92.1 Å². The average molecular weight is 207 g/mol. The summed E-state index contributed by atoms with van der Waals surface area (Å²) in [5, 5.41) is 2.46. The molecule has 76 valence electrons. The van der Waals surface area contributed by atoms with Crippen LogP contribution in [-0.2, 0) is 6.54 Å². The predicted molar refractivity (Wildman–Crippen MR) is 65.4 cm³/mol. The van der Waals surface area contributed by atoms with Crippen molar-refractivity contribution in [2.45, 2.75) is 6.54 Å². The van der Waals surface area contributed by atoms with Crippen LogP contribution >= 0.6 is 0 Å². The van der Waals surface area contributed by atoms with E-state index in [1.807, 2.05) is 18.6 Å². The highest BCUT2D eigenvalue weighted by atomic mass is 15.0. The van der Waals surface area contributed by atoms with Gasteiger partial charge in [-0.05, 0) is 12.1 Å². The Balaban J connectivity index is 2.39. The van der Waals surface area contributed by atoms with Gasteiger partial charge in [-0.3, -0.25) is 9.98 Å². The van der Waals surface area contributed by atoms with E-state index in [1.54, 1.807) is 0 Å². The van der Waals surface area contributed by atoms with Gasteiger partial charge in [0, 0.05) is 29.4 Å². The molecule has 2 aromatic heterocycles. The molecule has 0 amide bonds. The minimum atomic E-state index is 0.848. The van der Waals surface area contributed by atoms with Crippen molar-refractivity contribution in [3.8, 4) is 0 Å². The molecule has 3 nitrogen and oxygen atoms in total. The molecule has 3 aromatic rings. The van der Waals surface area contributed by atoms with Gasteiger partial charge < -0.3 is 4.57 Å². The normalized spacial score (nSPS) is 13.8. The summed E-state index contributed by atoms with van der Waals surface area (Å²) in [6.45, 7) is 0.848. The second-order valence-corrected chi connectivity index (χ2v) is 3.99. The lowest BCUT2D eigenvalue weighted by atomic mass is 10.2. The molecule has 1 aliphatic rings. The summed E-state index contributed by atoms with van der Waals surface area (Å²) < 4.78 is 2.30. The number of aromatic nitrogens is 2. The van der Waals surface area contributed by atoms with Gasteiger partial charge in [-0.2, -0.15) is 0 Å². The van der Waals surface area contributed by atoms with Crippen molar-refractivity contribution in [1.82, 2.24) is 9.55 Å². The Kier molecular flexibility index (Phi) is 1.36. The third-order valence-electron chi connectivity index (χ3n) is 3.16. The molecule has 16 heavy (non-hydrogen) atoms. The monoisotopic (exact) mass is 207 g/mol. The smallest absolute Gasteiger partial charge is 0.0869 e. The third kappa shape index (κ3) is 0.834. The van der Waals surface area contributed by atoms with E-state index in [2.05, 4.69) is 38.8 Å². The van der Waals surface area contributed by atoms with Gasteiger partial charge in [-0.25, -0.2) is 0 Å². The molecule has 0 aliphatic carbocycles. The van der Waals surface area contributed by atoms with E-state index in [0.29, 0.717) is 0 Å². The highest BCUT2D eigenvalue weighted by Gasteiger charge is 2.14. The van der Waals surface area contributed by atoms with Gasteiger partial charge in [-0.15, -0.1) is 0 Å². The first-order chi connectivity index (χ1) is 7.95. The van der Waals surface area contributed by atoms with Crippen LogP contribution in [0, 0.1) is 0 Å². The van der Waals surface area contributed by atoms with Crippen molar-refractivity contribution >= 4 is 33.7 Å². The number of hydrogen-bond acceptors (Lipinski definition) is 2. The molecule has 0 bridgehead atoms. The van der Waals surface area contributed by atoms with E-state index < -0.39 is 0 Å². The van der Waals surface area contributed by atoms with Crippen molar-refractivity contribution in [1.29, 1.82) is 0 Å². The van der Waals surface area contributed by atoms with Crippen molar-refractivity contribution in [2.75, 3.05) is 0 Å². The van der Waals surface area contributed by atoms with Gasteiger partial charge in [0.15, 0.2) is 0 Å². The molecule has 0 spiro atoms. The largest absolute Gasteiger partial charge is 0.333 e. The Morgan fingerprint density at radius 2 is 2.12 bits per heavy atom. The Morgan fingerprint density at radius 3 is 3.12 bits per heavy atom. The van der Waals surface area contributed by atoms with Crippen LogP contribution in [-0.4, -0.2) is 15.8 Å². The highest BCUT2D eigenvalue weighted by Crippen LogP contribution is 2.35. The van der Waals surface area contributed by atoms with Gasteiger partial charge in [0.25, 0.3) is 0 Å². The molecule has 0 saturated carbocycles. The second-order valence-electron chi connectivity index (χ2n) is 3.99. The lowest BCUT2D eigenvalue weighted by Gasteiger charge is -2.09. The van der Waals surface area contributed by atoms with Crippen LogP contribution in [0.15, 0.2) is 41.7 Å². The molecule has 3 heterocycles. The SMILES string of the molecule is C1=Nc2cccc3c4cnccc4n(c23)C1. The van der Waals surface area contributed by atoms with Crippen LogP contribution in [0.25, 0.3) is 21.8 Å². The molecule has 4 rings (SSSR count). The number of fused-ring (bicyclic) bond motifs is 3. The van der Waals surface area contributed by atoms with Crippen LogP contribution in [0.4, 0.5) is 5.69 Å². The second kappa shape index (κ2) is 2.70. The Hall–Kier alpha value is -2.16. The van der Waals surface area contributed by atoms with Crippen molar-refractivity contribution < 1.29 is 0 Å². The maximum Gasteiger partial charge on any atom is 0.0869 e. The van der Waals surface area contributed by atoms with Crippen molar-refractivity contribution in [2.24, 2.45) is 4.99 Å². The molecular formula is C13H9N3. The summed E-state index contributed by atoms with van der Waals surface area (Å²) in [6.07, 6.45) is 5.74. The first-order valence-corrected chi connectivity index (χ1v) is 5.32. The van der Waals surface area contributed by atoms with Gasteiger partial charge >= 0.3 is 0 Å². The maximum absolute atomic E-state index is 4.44. The number of nitrogens with zero attached hydrogens (tertiary/aromatic N) is 3. The molecule has 0 fully saturated rings. The first kappa shape index (κ1) is 8.05. The van der Waals surface area contributed by atoms with E-state index in [0.717, 1.165) is 12.2 Å². The van der Waals surface area contributed by atoms with E-state index in [9.17, 15) is 0 Å². The summed E-state index contributed by atoms with van der Waals surface area (Å²) in [6, 6.07) is 8.32. The summed E-state index contributed by atoms with van der Waals surface area (Å²) >= 11 is 0. The van der Waals surface area contributed by atoms with Crippen LogP contribution in [0.1, 0.15) is 0 Å². The minimum Gasteiger partial charge on any atom is -0.333 e. The average Bonchev–Trinajstić information content (AvgIpc) is 2.68. The topological polar surface area (TPSA) is 30.2 Å². The van der Waals surface area contributed by atoms with Crippen molar-refractivity contribution in [3.63, 3.8) is 0 Å². The quantitative estimate of drug-likeness (QED) is 0.557. The zero-order valence-corrected chi connectivity index (χ0v) is 8.59. The van der Waals surface area contributed by atoms with Crippen molar-refractivity contribution in [3.05, 3.63) is 36.7 Å². The van der Waals surface area contributed by atoms with E-state index in [1.165, 1.54) is 21.8 Å². The maximum atomic E-state index is 4.44. The molecule has 0 unspecified atom stereocenters. The molecule has 3 heteroatoms. The summed E-state index contributed by atoms with van der Waals surface area (Å²) in [7, 11) is 0. The number of aliphatic imine (C=N–C) groups is 1. The summed E-state index contributed by atoms with van der Waals surface area (Å²) in [5.74, 6) is 0. The fourth-order valence-electron chi connectivity index (χ4n) is 2.50. The van der Waals surface area contributed by atoms with Crippen LogP contribution in [0.2, 0.25) is 0 Å². The standard InChI is InChI=1S/C13H9N3/c1-2-9-10-8-14-5-4-12(10)16-7-6-15-11(3-1)13(9)16/h1-6,8H,7H2. The number of rotatable bonds is 0. The first-order valence-electron chi connectivity index (χ1n) is 5.32. The Bertz CT molecular complexity index is 737. The number of pyridine rings is 1. The minimum absolute atomic E-state index is 0.848. The molecule has 1 aliphatic heterocycles. The van der Waals surface area contributed by atoms with Gasteiger partial charge in [0.05, 0.1) is 23.3 Å². The molecule has 1 aromatic carbocycles. The zero-order chi connectivity index (χ0) is 10.5. The van der Waals surface area contributed by atoms with Crippen LogP contribution < -0.4 is 0 Å². The third-order valence-corrected chi connectivity index (χ3v) is 3.16. The molecule has 0 N–H and O–H groups in total. The Morgan fingerprint density at radius 1 is 1.12 bits per heavy atom. The fraction of sp³-hybridized carbons (Fsp3) is 0.0769. The van der Waals surface area contributed by atoms with Gasteiger partial charge in [-0.1, -0.05) is 12.1 Å². The number of benzene rings is 1. The molecular weight excluding hydrogens is 198 g/mol. The van der Waals surface area contributed by atoms with Gasteiger partial charge in [0.1, 0.15) is 0 Å².